The van der Waals surface area contributed by atoms with Crippen LogP contribution in [-0.4, -0.2) is 35.8 Å². The first-order valence-electron chi connectivity index (χ1n) is 4.17. The summed E-state index contributed by atoms with van der Waals surface area (Å²) in [7, 11) is 1.32. The molecule has 1 rings (SSSR count). The van der Waals surface area contributed by atoms with Crippen molar-refractivity contribution in [2.75, 3.05) is 13.6 Å². The van der Waals surface area contributed by atoms with Crippen LogP contribution in [0.15, 0.2) is 22.8 Å². The van der Waals surface area contributed by atoms with Gasteiger partial charge in [0.25, 0.3) is 12.3 Å². The number of amides is 1. The SMILES string of the molecule is CN(CC(F)F)C(=O)c1cccc(Br)n1. The van der Waals surface area contributed by atoms with E-state index >= 15 is 0 Å². The molecular formula is C9H9BrF2N2O. The third-order valence-electron chi connectivity index (χ3n) is 1.69. The fraction of sp³-hybridized carbons (Fsp3) is 0.333. The molecule has 0 aliphatic heterocycles. The standard InChI is InChI=1S/C9H9BrF2N2O/c1-14(5-8(11)12)9(15)6-3-2-4-7(10)13-6/h2-4,8H,5H2,1H3. The van der Waals surface area contributed by atoms with Crippen molar-refractivity contribution in [3.05, 3.63) is 28.5 Å². The number of carbonyl (C=O) groups is 1. The second-order valence-corrected chi connectivity index (χ2v) is 3.73. The maximum atomic E-state index is 12.0. The number of hydrogen-bond donors (Lipinski definition) is 0. The molecule has 1 aromatic rings. The predicted octanol–water partition coefficient (Wildman–Crippen LogP) is 2.18. The van der Waals surface area contributed by atoms with Crippen LogP contribution in [-0.2, 0) is 0 Å². The molecule has 0 saturated heterocycles. The fourth-order valence-corrected chi connectivity index (χ4v) is 1.36. The maximum absolute atomic E-state index is 12.0. The van der Waals surface area contributed by atoms with E-state index in [9.17, 15) is 13.6 Å². The van der Waals surface area contributed by atoms with Crippen LogP contribution >= 0.6 is 15.9 Å². The van der Waals surface area contributed by atoms with Gasteiger partial charge in [-0.1, -0.05) is 6.07 Å². The Kier molecular flexibility index (Phi) is 4.14. The summed E-state index contributed by atoms with van der Waals surface area (Å²) in [6.07, 6.45) is -2.54. The molecular weight excluding hydrogens is 270 g/mol. The van der Waals surface area contributed by atoms with E-state index in [-0.39, 0.29) is 5.69 Å². The molecule has 0 bridgehead atoms. The molecule has 0 atom stereocenters. The van der Waals surface area contributed by atoms with Gasteiger partial charge in [0.2, 0.25) is 0 Å². The maximum Gasteiger partial charge on any atom is 0.272 e. The lowest BCUT2D eigenvalue weighted by Crippen LogP contribution is -2.31. The number of nitrogens with zero attached hydrogens (tertiary/aromatic N) is 2. The van der Waals surface area contributed by atoms with Gasteiger partial charge in [0.05, 0.1) is 6.54 Å². The van der Waals surface area contributed by atoms with Crippen molar-refractivity contribution in [1.82, 2.24) is 9.88 Å². The van der Waals surface area contributed by atoms with Gasteiger partial charge in [-0.15, -0.1) is 0 Å². The Morgan fingerprint density at radius 3 is 2.80 bits per heavy atom. The number of pyridine rings is 1. The van der Waals surface area contributed by atoms with Crippen LogP contribution in [0, 0.1) is 0 Å². The quantitative estimate of drug-likeness (QED) is 0.794. The van der Waals surface area contributed by atoms with E-state index < -0.39 is 18.9 Å². The third kappa shape index (κ3) is 3.54. The minimum atomic E-state index is -2.54. The molecule has 0 spiro atoms. The predicted molar refractivity (Wildman–Crippen MR) is 54.9 cm³/mol. The van der Waals surface area contributed by atoms with Gasteiger partial charge in [0.1, 0.15) is 10.3 Å². The van der Waals surface area contributed by atoms with Crippen molar-refractivity contribution in [2.24, 2.45) is 0 Å². The van der Waals surface area contributed by atoms with E-state index in [0.29, 0.717) is 4.60 Å². The van der Waals surface area contributed by atoms with Crippen LogP contribution in [0.4, 0.5) is 8.78 Å². The molecule has 0 N–H and O–H groups in total. The van der Waals surface area contributed by atoms with Gasteiger partial charge in [-0.05, 0) is 28.1 Å². The van der Waals surface area contributed by atoms with Gasteiger partial charge in [0, 0.05) is 7.05 Å². The number of alkyl halides is 2. The van der Waals surface area contributed by atoms with Gasteiger partial charge in [-0.2, -0.15) is 0 Å². The van der Waals surface area contributed by atoms with Crippen molar-refractivity contribution in [3.8, 4) is 0 Å². The third-order valence-corrected chi connectivity index (χ3v) is 2.13. The number of carbonyl (C=O) groups excluding carboxylic acids is 1. The van der Waals surface area contributed by atoms with Crippen LogP contribution < -0.4 is 0 Å². The Bertz CT molecular complexity index is 360. The van der Waals surface area contributed by atoms with Crippen molar-refractivity contribution in [2.45, 2.75) is 6.43 Å². The van der Waals surface area contributed by atoms with Gasteiger partial charge in [-0.3, -0.25) is 4.79 Å². The summed E-state index contributed by atoms with van der Waals surface area (Å²) in [5.74, 6) is -0.517. The molecule has 1 amide bonds. The van der Waals surface area contributed by atoms with E-state index in [4.69, 9.17) is 0 Å². The highest BCUT2D eigenvalue weighted by Crippen LogP contribution is 2.08. The van der Waals surface area contributed by atoms with Crippen molar-refractivity contribution < 1.29 is 13.6 Å². The zero-order valence-electron chi connectivity index (χ0n) is 7.95. The minimum Gasteiger partial charge on any atom is -0.335 e. The highest BCUT2D eigenvalue weighted by molar-refractivity contribution is 9.10. The minimum absolute atomic E-state index is 0.146. The van der Waals surface area contributed by atoms with Crippen molar-refractivity contribution >= 4 is 21.8 Å². The molecule has 6 heteroatoms. The average molecular weight is 279 g/mol. The van der Waals surface area contributed by atoms with Crippen LogP contribution in [0.2, 0.25) is 0 Å². The van der Waals surface area contributed by atoms with E-state index in [1.54, 1.807) is 12.1 Å². The number of hydrogen-bond acceptors (Lipinski definition) is 2. The zero-order chi connectivity index (χ0) is 11.4. The number of aromatic nitrogens is 1. The van der Waals surface area contributed by atoms with Gasteiger partial charge >= 0.3 is 0 Å². The first-order chi connectivity index (χ1) is 7.00. The topological polar surface area (TPSA) is 33.2 Å². The van der Waals surface area contributed by atoms with Crippen LogP contribution in [0.25, 0.3) is 0 Å². The second-order valence-electron chi connectivity index (χ2n) is 2.92. The molecule has 0 radical (unpaired) electrons. The fourth-order valence-electron chi connectivity index (χ4n) is 1.01. The molecule has 0 fully saturated rings. The molecule has 82 valence electrons. The summed E-state index contributed by atoms with van der Waals surface area (Å²) < 4.78 is 24.5. The molecule has 0 aliphatic rings. The lowest BCUT2D eigenvalue weighted by molar-refractivity contribution is 0.0615. The lowest BCUT2D eigenvalue weighted by Gasteiger charge is -2.15. The molecule has 15 heavy (non-hydrogen) atoms. The number of halogens is 3. The molecule has 1 aromatic heterocycles. The Morgan fingerprint density at radius 1 is 1.60 bits per heavy atom. The smallest absolute Gasteiger partial charge is 0.272 e. The monoisotopic (exact) mass is 278 g/mol. The van der Waals surface area contributed by atoms with Gasteiger partial charge in [0.15, 0.2) is 0 Å². The zero-order valence-corrected chi connectivity index (χ0v) is 9.54. The second kappa shape index (κ2) is 5.16. The summed E-state index contributed by atoms with van der Waals surface area (Å²) in [5.41, 5.74) is 0.146. The summed E-state index contributed by atoms with van der Waals surface area (Å²) in [5, 5.41) is 0. The lowest BCUT2D eigenvalue weighted by atomic mass is 10.3. The molecule has 3 nitrogen and oxygen atoms in total. The highest BCUT2D eigenvalue weighted by atomic mass is 79.9. The Labute approximate surface area is 94.2 Å². The number of rotatable bonds is 3. The van der Waals surface area contributed by atoms with E-state index in [1.807, 2.05) is 0 Å². The molecule has 0 aromatic carbocycles. The Hall–Kier alpha value is -1.04. The Morgan fingerprint density at radius 2 is 2.27 bits per heavy atom. The molecule has 0 saturated carbocycles. The Balaban J connectivity index is 2.76. The van der Waals surface area contributed by atoms with Crippen LogP contribution in [0.1, 0.15) is 10.5 Å². The van der Waals surface area contributed by atoms with E-state index in [2.05, 4.69) is 20.9 Å². The summed E-state index contributed by atoms with van der Waals surface area (Å²) in [6.45, 7) is -0.590. The van der Waals surface area contributed by atoms with E-state index in [1.165, 1.54) is 13.1 Å². The van der Waals surface area contributed by atoms with Crippen LogP contribution in [0.3, 0.4) is 0 Å². The van der Waals surface area contributed by atoms with E-state index in [0.717, 1.165) is 4.90 Å². The summed E-state index contributed by atoms with van der Waals surface area (Å²) in [6, 6.07) is 4.76. The molecule has 0 aliphatic carbocycles. The molecule has 1 heterocycles. The first-order valence-corrected chi connectivity index (χ1v) is 4.96. The highest BCUT2D eigenvalue weighted by Gasteiger charge is 2.16. The van der Waals surface area contributed by atoms with Crippen LogP contribution in [0.5, 0.6) is 0 Å². The normalized spacial score (nSPS) is 10.5. The average Bonchev–Trinajstić information content (AvgIpc) is 2.15. The van der Waals surface area contributed by atoms with Gasteiger partial charge < -0.3 is 4.90 Å². The van der Waals surface area contributed by atoms with Crippen molar-refractivity contribution in [1.29, 1.82) is 0 Å². The first kappa shape index (κ1) is 12.0. The van der Waals surface area contributed by atoms with Gasteiger partial charge in [-0.25, -0.2) is 13.8 Å². The summed E-state index contributed by atoms with van der Waals surface area (Å²) >= 11 is 3.10. The summed E-state index contributed by atoms with van der Waals surface area (Å²) in [4.78, 5) is 16.4. The van der Waals surface area contributed by atoms with Crippen molar-refractivity contribution in [3.63, 3.8) is 0 Å². The molecule has 0 unspecified atom stereocenters. The largest absolute Gasteiger partial charge is 0.335 e.